The van der Waals surface area contributed by atoms with Gasteiger partial charge in [0.2, 0.25) is 5.91 Å². The Bertz CT molecular complexity index is 172. The zero-order chi connectivity index (χ0) is 9.40. The van der Waals surface area contributed by atoms with Crippen LogP contribution >= 0.6 is 0 Å². The van der Waals surface area contributed by atoms with Gasteiger partial charge in [-0.05, 0) is 6.42 Å². The summed E-state index contributed by atoms with van der Waals surface area (Å²) in [5, 5.41) is 2.67. The Labute approximate surface area is 73.5 Å². The van der Waals surface area contributed by atoms with Gasteiger partial charge in [-0.25, -0.2) is 0 Å². The summed E-state index contributed by atoms with van der Waals surface area (Å²) in [4.78, 5) is 11.0. The number of carbonyl (C=O) groups excluding carboxylic acids is 1. The average molecular weight is 169 g/mol. The molecule has 3 heteroatoms. The lowest BCUT2D eigenvalue weighted by atomic mass is 10.2. The van der Waals surface area contributed by atoms with E-state index in [1.165, 1.54) is 7.11 Å². The van der Waals surface area contributed by atoms with E-state index < -0.39 is 0 Å². The predicted molar refractivity (Wildman–Crippen MR) is 47.5 cm³/mol. The quantitative estimate of drug-likeness (QED) is 0.610. The van der Waals surface area contributed by atoms with Gasteiger partial charge in [0.25, 0.3) is 0 Å². The minimum Gasteiger partial charge on any atom is -0.375 e. The largest absolute Gasteiger partial charge is 0.375 e. The Balaban J connectivity index is 3.71. The number of carbonyl (C=O) groups is 1. The highest BCUT2D eigenvalue weighted by atomic mass is 16.5. The van der Waals surface area contributed by atoms with Gasteiger partial charge >= 0.3 is 0 Å². The molecule has 3 nitrogen and oxygen atoms in total. The fourth-order valence-electron chi connectivity index (χ4n) is 0.853. The van der Waals surface area contributed by atoms with Crippen molar-refractivity contribution in [2.24, 2.45) is 0 Å². The van der Waals surface area contributed by atoms with Crippen LogP contribution in [0.4, 0.5) is 0 Å². The van der Waals surface area contributed by atoms with Crippen LogP contribution in [0.15, 0.2) is 0 Å². The highest BCUT2D eigenvalue weighted by molar-refractivity contribution is 5.77. The van der Waals surface area contributed by atoms with Crippen LogP contribution in [0.25, 0.3) is 0 Å². The summed E-state index contributed by atoms with van der Waals surface area (Å²) < 4.78 is 4.65. The molecule has 0 aliphatic carbocycles. The average Bonchev–Trinajstić information content (AvgIpc) is 2.04. The van der Waals surface area contributed by atoms with Crippen LogP contribution in [-0.2, 0) is 9.53 Å². The second-order valence-corrected chi connectivity index (χ2v) is 2.51. The summed E-state index contributed by atoms with van der Waals surface area (Å²) >= 11 is 0. The van der Waals surface area contributed by atoms with E-state index in [0.29, 0.717) is 0 Å². The van der Waals surface area contributed by atoms with Crippen molar-refractivity contribution >= 4 is 5.91 Å². The SMILES string of the molecule is C#CC(CCC)NC(=O)COC. The minimum absolute atomic E-state index is 0.0713. The van der Waals surface area contributed by atoms with Crippen molar-refractivity contribution in [3.63, 3.8) is 0 Å². The van der Waals surface area contributed by atoms with Gasteiger partial charge in [0, 0.05) is 7.11 Å². The summed E-state index contributed by atoms with van der Waals surface area (Å²) in [6, 6.07) is -0.155. The summed E-state index contributed by atoms with van der Waals surface area (Å²) in [6.45, 7) is 2.09. The predicted octanol–water partition coefficient (Wildman–Crippen LogP) is 0.551. The van der Waals surface area contributed by atoms with Crippen molar-refractivity contribution in [1.29, 1.82) is 0 Å². The van der Waals surface area contributed by atoms with Gasteiger partial charge in [0.15, 0.2) is 0 Å². The van der Waals surface area contributed by atoms with Crippen molar-refractivity contribution in [3.8, 4) is 12.3 Å². The first kappa shape index (κ1) is 11.0. The Kier molecular flexibility index (Phi) is 6.12. The molecule has 0 saturated carbocycles. The molecule has 0 aromatic heterocycles. The topological polar surface area (TPSA) is 38.3 Å². The summed E-state index contributed by atoms with van der Waals surface area (Å²) in [5.74, 6) is 2.35. The van der Waals surface area contributed by atoms with E-state index in [1.807, 2.05) is 6.92 Å². The Hall–Kier alpha value is -1.01. The van der Waals surface area contributed by atoms with Crippen molar-refractivity contribution < 1.29 is 9.53 Å². The second-order valence-electron chi connectivity index (χ2n) is 2.51. The summed E-state index contributed by atoms with van der Waals surface area (Å²) in [7, 11) is 1.48. The van der Waals surface area contributed by atoms with Crippen LogP contribution in [-0.4, -0.2) is 25.7 Å². The minimum atomic E-state index is -0.158. The standard InChI is InChI=1S/C9H15NO2/c1-4-6-8(5-2)10-9(11)7-12-3/h2,8H,4,6-7H2,1,3H3,(H,10,11). The van der Waals surface area contributed by atoms with Crippen LogP contribution in [0, 0.1) is 12.3 Å². The molecule has 0 aliphatic rings. The molecule has 1 unspecified atom stereocenters. The third-order valence-electron chi connectivity index (χ3n) is 1.39. The number of hydrogen-bond donors (Lipinski definition) is 1. The Morgan fingerprint density at radius 1 is 1.75 bits per heavy atom. The summed E-state index contributed by atoms with van der Waals surface area (Å²) in [6.07, 6.45) is 6.97. The Morgan fingerprint density at radius 2 is 2.42 bits per heavy atom. The van der Waals surface area contributed by atoms with Crippen molar-refractivity contribution in [1.82, 2.24) is 5.32 Å². The van der Waals surface area contributed by atoms with E-state index in [9.17, 15) is 4.79 Å². The van der Waals surface area contributed by atoms with Crippen molar-refractivity contribution in [3.05, 3.63) is 0 Å². The molecule has 0 fully saturated rings. The highest BCUT2D eigenvalue weighted by Gasteiger charge is 2.06. The number of nitrogens with one attached hydrogen (secondary N) is 1. The zero-order valence-electron chi connectivity index (χ0n) is 7.59. The lowest BCUT2D eigenvalue weighted by Crippen LogP contribution is -2.35. The maximum Gasteiger partial charge on any atom is 0.246 e. The molecule has 0 spiro atoms. The molecule has 1 N–H and O–H groups in total. The lowest BCUT2D eigenvalue weighted by molar-refractivity contribution is -0.125. The number of methoxy groups -OCH3 is 1. The maximum atomic E-state index is 11.0. The van der Waals surface area contributed by atoms with Crippen molar-refractivity contribution in [2.45, 2.75) is 25.8 Å². The van der Waals surface area contributed by atoms with Gasteiger partial charge in [-0.2, -0.15) is 0 Å². The smallest absolute Gasteiger partial charge is 0.246 e. The normalized spacial score (nSPS) is 11.8. The van der Waals surface area contributed by atoms with Gasteiger partial charge in [0.05, 0.1) is 6.04 Å². The molecule has 1 amide bonds. The van der Waals surface area contributed by atoms with Gasteiger partial charge in [-0.1, -0.05) is 19.3 Å². The Morgan fingerprint density at radius 3 is 2.83 bits per heavy atom. The van der Waals surface area contributed by atoms with Gasteiger partial charge in [0.1, 0.15) is 6.61 Å². The number of terminal acetylenes is 1. The van der Waals surface area contributed by atoms with E-state index in [0.717, 1.165) is 12.8 Å². The molecule has 0 heterocycles. The van der Waals surface area contributed by atoms with Crippen LogP contribution < -0.4 is 5.32 Å². The molecule has 68 valence electrons. The van der Waals surface area contributed by atoms with E-state index >= 15 is 0 Å². The first-order valence-electron chi connectivity index (χ1n) is 3.99. The fourth-order valence-corrected chi connectivity index (χ4v) is 0.853. The maximum absolute atomic E-state index is 11.0. The molecule has 0 saturated heterocycles. The molecule has 0 bridgehead atoms. The first-order valence-corrected chi connectivity index (χ1v) is 3.99. The molecule has 0 aliphatic heterocycles. The highest BCUT2D eigenvalue weighted by Crippen LogP contribution is 1.94. The van der Waals surface area contributed by atoms with Gasteiger partial charge in [-0.3, -0.25) is 4.79 Å². The fraction of sp³-hybridized carbons (Fsp3) is 0.667. The third-order valence-corrected chi connectivity index (χ3v) is 1.39. The molecule has 0 aromatic rings. The van der Waals surface area contributed by atoms with E-state index in [1.54, 1.807) is 0 Å². The monoisotopic (exact) mass is 169 g/mol. The lowest BCUT2D eigenvalue weighted by Gasteiger charge is -2.10. The number of hydrogen-bond acceptors (Lipinski definition) is 2. The van der Waals surface area contributed by atoms with Gasteiger partial charge < -0.3 is 10.1 Å². The third kappa shape index (κ3) is 4.75. The number of rotatable bonds is 5. The molecule has 0 rings (SSSR count). The molecule has 12 heavy (non-hydrogen) atoms. The van der Waals surface area contributed by atoms with Crippen LogP contribution in [0.2, 0.25) is 0 Å². The molecule has 0 aromatic carbocycles. The molecular formula is C9H15NO2. The van der Waals surface area contributed by atoms with Crippen LogP contribution in [0.1, 0.15) is 19.8 Å². The first-order chi connectivity index (χ1) is 5.74. The van der Waals surface area contributed by atoms with Crippen LogP contribution in [0.5, 0.6) is 0 Å². The van der Waals surface area contributed by atoms with Crippen LogP contribution in [0.3, 0.4) is 0 Å². The second kappa shape index (κ2) is 6.68. The van der Waals surface area contributed by atoms with E-state index in [-0.39, 0.29) is 18.6 Å². The molecule has 0 radical (unpaired) electrons. The summed E-state index contributed by atoms with van der Waals surface area (Å²) in [5.41, 5.74) is 0. The van der Waals surface area contributed by atoms with E-state index in [2.05, 4.69) is 16.0 Å². The number of amides is 1. The number of ether oxygens (including phenoxy) is 1. The van der Waals surface area contributed by atoms with E-state index in [4.69, 9.17) is 6.42 Å². The zero-order valence-corrected chi connectivity index (χ0v) is 7.59. The molecule has 1 atom stereocenters. The molecular weight excluding hydrogens is 154 g/mol. The van der Waals surface area contributed by atoms with Gasteiger partial charge in [-0.15, -0.1) is 6.42 Å². The van der Waals surface area contributed by atoms with Crippen molar-refractivity contribution in [2.75, 3.05) is 13.7 Å².